The summed E-state index contributed by atoms with van der Waals surface area (Å²) in [6.07, 6.45) is -4.15. The minimum absolute atomic E-state index is 0.0101. The number of aliphatic hydroxyl groups is 2. The largest absolute Gasteiger partial charge is 0.486 e. The van der Waals surface area contributed by atoms with Gasteiger partial charge in [-0.05, 0) is 73.2 Å². The molecule has 0 saturated heterocycles. The number of rotatable bonds is 18. The number of hydrogen-bond acceptors (Lipinski definition) is 12. The van der Waals surface area contributed by atoms with E-state index >= 15 is 0 Å². The molecular formula is C36H38ClF3N10O7. The Morgan fingerprint density at radius 3 is 2.14 bits per heavy atom. The fourth-order valence-electron chi connectivity index (χ4n) is 5.46. The highest BCUT2D eigenvalue weighted by Gasteiger charge is 2.57. The number of carbonyl (C=O) groups excluding carboxylic acids is 2. The average molecular weight is 815 g/mol. The van der Waals surface area contributed by atoms with Crippen LogP contribution in [0.5, 0.6) is 6.01 Å². The summed E-state index contributed by atoms with van der Waals surface area (Å²) in [5.41, 5.74) is 11.8. The summed E-state index contributed by atoms with van der Waals surface area (Å²) in [6, 6.07) is 17.4. The quantitative estimate of drug-likeness (QED) is 0.0303. The third-order valence-electron chi connectivity index (χ3n) is 8.58. The molecule has 0 bridgehead atoms. The van der Waals surface area contributed by atoms with Crippen LogP contribution in [-0.2, 0) is 21.5 Å². The normalized spacial score (nSPS) is 14.4. The molecule has 17 nitrogen and oxygen atoms in total. The zero-order chi connectivity index (χ0) is 41.4. The van der Waals surface area contributed by atoms with E-state index in [0.717, 1.165) is 5.56 Å². The van der Waals surface area contributed by atoms with Crippen molar-refractivity contribution in [3.63, 3.8) is 0 Å². The molecule has 1 fully saturated rings. The molecule has 1 aromatic heterocycles. The van der Waals surface area contributed by atoms with Crippen molar-refractivity contribution >= 4 is 52.9 Å². The van der Waals surface area contributed by atoms with Gasteiger partial charge in [0.2, 0.25) is 17.8 Å². The summed E-state index contributed by atoms with van der Waals surface area (Å²) in [5.74, 6) is -8.17. The van der Waals surface area contributed by atoms with E-state index in [0.29, 0.717) is 23.4 Å². The molecule has 57 heavy (non-hydrogen) atoms. The van der Waals surface area contributed by atoms with E-state index in [9.17, 15) is 42.9 Å². The fraction of sp³-hybridized carbons (Fsp3) is 0.306. The van der Waals surface area contributed by atoms with Crippen LogP contribution in [0, 0.1) is 0 Å². The topological polar surface area (TPSA) is 272 Å². The Labute approximate surface area is 327 Å². The number of nitrogens with zero attached hydrogens (tertiary/aromatic N) is 4. The number of aromatic nitrogens is 3. The average Bonchev–Trinajstić information content (AvgIpc) is 3.92. The van der Waals surface area contributed by atoms with Gasteiger partial charge in [-0.2, -0.15) is 28.1 Å². The Hall–Kier alpha value is -6.25. The number of hydrogen-bond donors (Lipinski definition) is 9. The standard InChI is InChI=1S/C36H38ClF3N10O7/c37-23-12-10-22(11-13-23)34(16-17-34)50-32-47-31(48-33(49-32)57-36(55,56)35(38,39)40)44-24-14-8-21(9-15-24)27(51)45-25(7-4-18-43-30(41)42)28(52)46-26(29(53)54)19-20-5-2-1-3-6-20/h1-3,5-6,8-15,25-26,55-56H,4,7,16-19H2,(H,45,51)(H,46,52)(H,53,54)(H4,41,42,43)(H2,44,47,48,49,50)/t25-,26+/m1/s1. The minimum atomic E-state index is -5.63. The molecule has 1 heterocycles. The number of ether oxygens (including phenoxy) is 1. The number of amides is 2. The maximum Gasteiger partial charge on any atom is 0.486 e. The number of guanidine groups is 1. The van der Waals surface area contributed by atoms with Crippen molar-refractivity contribution in [2.24, 2.45) is 16.5 Å². The number of benzene rings is 3. The van der Waals surface area contributed by atoms with Crippen LogP contribution in [0.25, 0.3) is 0 Å². The van der Waals surface area contributed by atoms with Crippen molar-refractivity contribution in [1.29, 1.82) is 0 Å². The number of alkyl halides is 3. The van der Waals surface area contributed by atoms with Gasteiger partial charge in [0.05, 0.1) is 5.54 Å². The van der Waals surface area contributed by atoms with Crippen LogP contribution in [-0.4, -0.2) is 84.8 Å². The highest BCUT2D eigenvalue weighted by molar-refractivity contribution is 6.30. The molecule has 2 atom stereocenters. The lowest BCUT2D eigenvalue weighted by molar-refractivity contribution is -0.430. The number of nitrogens with one attached hydrogen (secondary N) is 4. The molecule has 21 heteroatoms. The van der Waals surface area contributed by atoms with Crippen molar-refractivity contribution < 1.29 is 47.6 Å². The summed E-state index contributed by atoms with van der Waals surface area (Å²) < 4.78 is 44.2. The van der Waals surface area contributed by atoms with E-state index in [1.54, 1.807) is 54.6 Å². The highest BCUT2D eigenvalue weighted by Crippen LogP contribution is 2.48. The van der Waals surface area contributed by atoms with Crippen molar-refractivity contribution in [3.05, 3.63) is 101 Å². The van der Waals surface area contributed by atoms with E-state index in [1.807, 2.05) is 0 Å². The summed E-state index contributed by atoms with van der Waals surface area (Å²) in [6.45, 7) is 0.131. The molecule has 4 aromatic rings. The number of carbonyl (C=O) groups is 3. The Morgan fingerprint density at radius 1 is 0.895 bits per heavy atom. The molecule has 0 spiro atoms. The van der Waals surface area contributed by atoms with Gasteiger partial charge in [0, 0.05) is 29.2 Å². The zero-order valence-corrected chi connectivity index (χ0v) is 30.6. The van der Waals surface area contributed by atoms with Gasteiger partial charge >= 0.3 is 24.1 Å². The molecule has 2 amide bonds. The number of halogens is 4. The van der Waals surface area contributed by atoms with E-state index in [4.69, 9.17) is 23.1 Å². The lowest BCUT2D eigenvalue weighted by atomic mass is 10.0. The van der Waals surface area contributed by atoms with Crippen molar-refractivity contribution in [2.45, 2.75) is 61.9 Å². The molecular weight excluding hydrogens is 777 g/mol. The molecule has 0 unspecified atom stereocenters. The monoisotopic (exact) mass is 814 g/mol. The lowest BCUT2D eigenvalue weighted by Gasteiger charge is -2.24. The van der Waals surface area contributed by atoms with Gasteiger partial charge in [-0.15, -0.1) is 0 Å². The lowest BCUT2D eigenvalue weighted by Crippen LogP contribution is -2.52. The second kappa shape index (κ2) is 17.7. The maximum absolute atomic E-state index is 13.4. The van der Waals surface area contributed by atoms with E-state index in [2.05, 4.69) is 45.9 Å². The van der Waals surface area contributed by atoms with Gasteiger partial charge in [0.15, 0.2) is 5.96 Å². The number of carboxylic acid groups (broad SMARTS) is 1. The predicted octanol–water partition coefficient (Wildman–Crippen LogP) is 2.91. The van der Waals surface area contributed by atoms with Gasteiger partial charge in [-0.25, -0.2) is 4.79 Å². The molecule has 0 radical (unpaired) electrons. The Balaban J connectivity index is 1.32. The molecule has 3 aromatic carbocycles. The first-order valence-corrected chi connectivity index (χ1v) is 17.6. The third kappa shape index (κ3) is 11.6. The Morgan fingerprint density at radius 2 is 1.54 bits per heavy atom. The number of aliphatic carboxylic acids is 1. The van der Waals surface area contributed by atoms with Gasteiger partial charge in [0.1, 0.15) is 12.1 Å². The smallest absolute Gasteiger partial charge is 0.480 e. The van der Waals surface area contributed by atoms with E-state index in [1.165, 1.54) is 24.3 Å². The Bertz CT molecular complexity index is 2070. The van der Waals surface area contributed by atoms with E-state index in [-0.39, 0.29) is 54.9 Å². The van der Waals surface area contributed by atoms with Crippen LogP contribution < -0.4 is 37.5 Å². The van der Waals surface area contributed by atoms with Gasteiger partial charge in [-0.1, -0.05) is 54.1 Å². The van der Waals surface area contributed by atoms with E-state index < -0.39 is 53.6 Å². The van der Waals surface area contributed by atoms with Crippen molar-refractivity contribution in [1.82, 2.24) is 25.6 Å². The highest BCUT2D eigenvalue weighted by atomic mass is 35.5. The van der Waals surface area contributed by atoms with Gasteiger partial charge in [0.25, 0.3) is 5.91 Å². The SMILES string of the molecule is NC(N)=NCCC[C@@H](NC(=O)c1ccc(Nc2nc(NC3(c4ccc(Cl)cc4)CC3)nc(OC(O)(O)C(F)(F)F)n2)cc1)C(=O)N[C@@H](Cc1ccccc1)C(=O)O. The number of carboxylic acids is 1. The molecule has 1 saturated carbocycles. The first-order chi connectivity index (χ1) is 26.9. The van der Waals surface area contributed by atoms with Crippen LogP contribution in [0.3, 0.4) is 0 Å². The van der Waals surface area contributed by atoms with Crippen LogP contribution in [0.4, 0.5) is 30.8 Å². The van der Waals surface area contributed by atoms with Crippen molar-refractivity contribution in [3.8, 4) is 6.01 Å². The summed E-state index contributed by atoms with van der Waals surface area (Å²) in [5, 5.41) is 40.3. The van der Waals surface area contributed by atoms with Crippen molar-refractivity contribution in [2.75, 3.05) is 17.2 Å². The second-order valence-corrected chi connectivity index (χ2v) is 13.4. The van der Waals surface area contributed by atoms with Gasteiger partial charge < -0.3 is 52.8 Å². The van der Waals surface area contributed by atoms with Crippen LogP contribution in [0.2, 0.25) is 5.02 Å². The van der Waals surface area contributed by atoms with Crippen LogP contribution in [0.1, 0.15) is 47.2 Å². The Kier molecular flexibility index (Phi) is 13.0. The van der Waals surface area contributed by atoms with Crippen LogP contribution in [0.15, 0.2) is 83.9 Å². The maximum atomic E-state index is 13.4. The summed E-state index contributed by atoms with van der Waals surface area (Å²) >= 11 is 6.02. The molecule has 302 valence electrons. The molecule has 0 aliphatic heterocycles. The third-order valence-corrected chi connectivity index (χ3v) is 8.84. The predicted molar refractivity (Wildman–Crippen MR) is 200 cm³/mol. The summed E-state index contributed by atoms with van der Waals surface area (Å²) in [4.78, 5) is 54.4. The fourth-order valence-corrected chi connectivity index (χ4v) is 5.59. The number of anilines is 3. The molecule has 1 aliphatic carbocycles. The van der Waals surface area contributed by atoms with Gasteiger partial charge in [-0.3, -0.25) is 14.6 Å². The second-order valence-electron chi connectivity index (χ2n) is 13.0. The molecule has 5 rings (SSSR count). The molecule has 11 N–H and O–H groups in total. The number of aliphatic imine (C=N–C) groups is 1. The van der Waals surface area contributed by atoms with Crippen LogP contribution >= 0.6 is 11.6 Å². The zero-order valence-electron chi connectivity index (χ0n) is 29.8. The first-order valence-electron chi connectivity index (χ1n) is 17.2. The molecule has 1 aliphatic rings. The number of nitrogens with two attached hydrogens (primary N) is 2. The minimum Gasteiger partial charge on any atom is -0.480 e. The summed E-state index contributed by atoms with van der Waals surface area (Å²) in [7, 11) is 0. The first kappa shape index (κ1) is 41.9.